The van der Waals surface area contributed by atoms with Crippen molar-refractivity contribution in [1.82, 2.24) is 4.90 Å². The minimum absolute atomic E-state index is 0.0758. The Morgan fingerprint density at radius 1 is 1.03 bits per heavy atom. The van der Waals surface area contributed by atoms with Crippen molar-refractivity contribution in [3.8, 4) is 0 Å². The van der Waals surface area contributed by atoms with E-state index in [1.807, 2.05) is 13.8 Å². The minimum Gasteiger partial charge on any atom is -0.274 e. The van der Waals surface area contributed by atoms with Gasteiger partial charge in [0.2, 0.25) is 0 Å². The van der Waals surface area contributed by atoms with E-state index >= 15 is 0 Å². The monoisotopic (exact) mass is 414 g/mol. The van der Waals surface area contributed by atoms with Crippen molar-refractivity contribution in [3.05, 3.63) is 80.5 Å². The molecular weight excluding hydrogens is 395 g/mol. The first kappa shape index (κ1) is 20.7. The fraction of sp³-hybridized carbons (Fsp3) is 0.238. The third-order valence-corrected chi connectivity index (χ3v) is 5.47. The highest BCUT2D eigenvalue weighted by Gasteiger charge is 2.39. The van der Waals surface area contributed by atoms with E-state index in [1.165, 1.54) is 53.1 Å². The van der Waals surface area contributed by atoms with Gasteiger partial charge in [-0.1, -0.05) is 26.0 Å². The van der Waals surface area contributed by atoms with Gasteiger partial charge in [-0.3, -0.25) is 24.6 Å². The maximum atomic E-state index is 13.1. The molecule has 1 aliphatic rings. The summed E-state index contributed by atoms with van der Waals surface area (Å²) in [5, 5.41) is 11.0. The van der Waals surface area contributed by atoms with Crippen molar-refractivity contribution in [2.45, 2.75) is 25.5 Å². The van der Waals surface area contributed by atoms with Gasteiger partial charge in [0.1, 0.15) is 5.82 Å². The Bertz CT molecular complexity index is 985. The number of carbonyl (C=O) groups excluding carboxylic acids is 2. The van der Waals surface area contributed by atoms with E-state index in [4.69, 9.17) is 0 Å². The molecule has 2 amide bonds. The molecular formula is C21H19FN2O4S. The highest BCUT2D eigenvalue weighted by Crippen LogP contribution is 2.38. The van der Waals surface area contributed by atoms with Gasteiger partial charge in [-0.2, -0.15) is 0 Å². The minimum atomic E-state index is -0.515. The van der Waals surface area contributed by atoms with Gasteiger partial charge in [0, 0.05) is 23.9 Å². The van der Waals surface area contributed by atoms with Crippen LogP contribution in [0.2, 0.25) is 0 Å². The predicted molar refractivity (Wildman–Crippen MR) is 110 cm³/mol. The summed E-state index contributed by atoms with van der Waals surface area (Å²) < 4.78 is 13.1. The summed E-state index contributed by atoms with van der Waals surface area (Å²) in [6, 6.07) is 11.5. The van der Waals surface area contributed by atoms with Crippen LogP contribution in [-0.4, -0.2) is 33.4 Å². The topological polar surface area (TPSA) is 80.5 Å². The summed E-state index contributed by atoms with van der Waals surface area (Å²) in [4.78, 5) is 37.9. The van der Waals surface area contributed by atoms with Gasteiger partial charge in [-0.25, -0.2) is 4.39 Å². The first-order chi connectivity index (χ1) is 13.8. The average Bonchev–Trinajstić information content (AvgIpc) is 2.91. The fourth-order valence-corrected chi connectivity index (χ4v) is 4.00. The number of nitro benzene ring substituents is 1. The van der Waals surface area contributed by atoms with Crippen LogP contribution in [0, 0.1) is 15.9 Å². The molecule has 0 atom stereocenters. The van der Waals surface area contributed by atoms with Gasteiger partial charge in [0.05, 0.1) is 15.4 Å². The summed E-state index contributed by atoms with van der Waals surface area (Å²) in [6.45, 7) is 4.01. The van der Waals surface area contributed by atoms with Crippen molar-refractivity contribution < 1.29 is 18.9 Å². The number of hydrogen-bond donors (Lipinski definition) is 0. The van der Waals surface area contributed by atoms with Crippen molar-refractivity contribution in [3.63, 3.8) is 0 Å². The van der Waals surface area contributed by atoms with Crippen LogP contribution >= 0.6 is 11.8 Å². The number of nitrogens with zero attached hydrogens (tertiary/aromatic N) is 2. The smallest absolute Gasteiger partial charge is 0.269 e. The van der Waals surface area contributed by atoms with E-state index < -0.39 is 10.8 Å². The Morgan fingerprint density at radius 3 is 2.21 bits per heavy atom. The van der Waals surface area contributed by atoms with Crippen molar-refractivity contribution >= 4 is 34.8 Å². The average molecular weight is 414 g/mol. The number of benzene rings is 2. The quantitative estimate of drug-likeness (QED) is 0.385. The number of halogens is 1. The molecule has 0 spiro atoms. The molecule has 6 nitrogen and oxygen atoms in total. The van der Waals surface area contributed by atoms with Crippen LogP contribution in [0.25, 0.3) is 5.57 Å². The zero-order valence-corrected chi connectivity index (χ0v) is 16.7. The van der Waals surface area contributed by atoms with Crippen LogP contribution in [0.4, 0.5) is 10.1 Å². The molecule has 0 radical (unpaired) electrons. The molecule has 2 aromatic rings. The summed E-state index contributed by atoms with van der Waals surface area (Å²) in [7, 11) is 0. The lowest BCUT2D eigenvalue weighted by Crippen LogP contribution is -2.33. The summed E-state index contributed by atoms with van der Waals surface area (Å²) in [5.41, 5.74) is 1.47. The third-order valence-electron chi connectivity index (χ3n) is 4.38. The fourth-order valence-electron chi connectivity index (χ4n) is 3.00. The van der Waals surface area contributed by atoms with Gasteiger partial charge in [0.15, 0.2) is 0 Å². The van der Waals surface area contributed by atoms with Gasteiger partial charge < -0.3 is 0 Å². The van der Waals surface area contributed by atoms with Crippen LogP contribution < -0.4 is 0 Å². The van der Waals surface area contributed by atoms with E-state index in [-0.39, 0.29) is 34.8 Å². The molecule has 0 saturated heterocycles. The van der Waals surface area contributed by atoms with Crippen LogP contribution in [-0.2, 0) is 16.0 Å². The molecule has 0 aliphatic carbocycles. The lowest BCUT2D eigenvalue weighted by molar-refractivity contribution is -0.384. The molecule has 0 aromatic heterocycles. The predicted octanol–water partition coefficient (Wildman–Crippen LogP) is 4.20. The zero-order valence-electron chi connectivity index (χ0n) is 15.9. The Balaban J connectivity index is 1.88. The number of thioether (sulfide) groups is 1. The highest BCUT2D eigenvalue weighted by atomic mass is 32.2. The molecule has 0 N–H and O–H groups in total. The Kier molecular flexibility index (Phi) is 6.12. The van der Waals surface area contributed by atoms with Gasteiger partial charge in [-0.05, 0) is 41.8 Å². The highest BCUT2D eigenvalue weighted by molar-refractivity contribution is 8.04. The first-order valence-electron chi connectivity index (χ1n) is 9.04. The molecule has 29 heavy (non-hydrogen) atoms. The molecule has 3 rings (SSSR count). The second-order valence-corrected chi connectivity index (χ2v) is 8.40. The number of rotatable bonds is 7. The molecule has 0 bridgehead atoms. The lowest BCUT2D eigenvalue weighted by Gasteiger charge is -2.15. The molecule has 1 heterocycles. The molecule has 2 aromatic carbocycles. The standard InChI is InChI=1S/C21H19FN2O4S/c1-13(2)29-19-18(15-5-9-17(10-6-15)24(27)28)20(25)23(21(19)26)12-11-14-3-7-16(22)8-4-14/h3-10,13H,11-12H2,1-2H3. The van der Waals surface area contributed by atoms with Crippen LogP contribution in [0.5, 0.6) is 0 Å². The summed E-state index contributed by atoms with van der Waals surface area (Å²) in [5.74, 6) is -1.14. The first-order valence-corrected chi connectivity index (χ1v) is 9.92. The number of carbonyl (C=O) groups is 2. The third kappa shape index (κ3) is 4.54. The van der Waals surface area contributed by atoms with E-state index in [0.717, 1.165) is 5.56 Å². The molecule has 0 fully saturated rings. The van der Waals surface area contributed by atoms with Crippen LogP contribution in [0.1, 0.15) is 25.0 Å². The number of imide groups is 1. The van der Waals surface area contributed by atoms with E-state index in [0.29, 0.717) is 16.9 Å². The van der Waals surface area contributed by atoms with Gasteiger partial charge in [0.25, 0.3) is 17.5 Å². The molecule has 8 heteroatoms. The van der Waals surface area contributed by atoms with Crippen LogP contribution in [0.3, 0.4) is 0 Å². The maximum Gasteiger partial charge on any atom is 0.269 e. The Hall–Kier alpha value is -3.00. The largest absolute Gasteiger partial charge is 0.274 e. The lowest BCUT2D eigenvalue weighted by atomic mass is 10.1. The van der Waals surface area contributed by atoms with Gasteiger partial charge >= 0.3 is 0 Å². The molecule has 150 valence electrons. The maximum absolute atomic E-state index is 13.1. The summed E-state index contributed by atoms with van der Waals surface area (Å²) in [6.07, 6.45) is 0.408. The summed E-state index contributed by atoms with van der Waals surface area (Å²) >= 11 is 1.30. The Labute approximate surface area is 171 Å². The van der Waals surface area contributed by atoms with Gasteiger partial charge in [-0.15, -0.1) is 11.8 Å². The second kappa shape index (κ2) is 8.57. The van der Waals surface area contributed by atoms with Crippen molar-refractivity contribution in [1.29, 1.82) is 0 Å². The second-order valence-electron chi connectivity index (χ2n) is 6.81. The molecule has 0 unspecified atom stereocenters. The van der Waals surface area contributed by atoms with E-state index in [2.05, 4.69) is 0 Å². The SMILES string of the molecule is CC(C)SC1=C(c2ccc([N+](=O)[O-])cc2)C(=O)N(CCc2ccc(F)cc2)C1=O. The van der Waals surface area contributed by atoms with E-state index in [1.54, 1.807) is 12.1 Å². The Morgan fingerprint density at radius 2 is 1.66 bits per heavy atom. The van der Waals surface area contributed by atoms with Crippen molar-refractivity contribution in [2.75, 3.05) is 6.54 Å². The molecule has 0 saturated carbocycles. The number of hydrogen-bond acceptors (Lipinski definition) is 5. The molecule has 1 aliphatic heterocycles. The number of non-ortho nitro benzene ring substituents is 1. The number of amides is 2. The number of nitro groups is 1. The van der Waals surface area contributed by atoms with E-state index in [9.17, 15) is 24.1 Å². The van der Waals surface area contributed by atoms with Crippen molar-refractivity contribution in [2.24, 2.45) is 0 Å². The zero-order chi connectivity index (χ0) is 21.1. The normalized spacial score (nSPS) is 14.3. The van der Waals surface area contributed by atoms with Crippen LogP contribution in [0.15, 0.2) is 53.4 Å².